The largest absolute Gasteiger partial charge is 0.470 e. The molecule has 1 heterocycles. The Morgan fingerprint density at radius 1 is 0.952 bits per heavy atom. The number of rotatable bonds is 15. The van der Waals surface area contributed by atoms with Crippen LogP contribution < -0.4 is 32.7 Å². The van der Waals surface area contributed by atoms with Gasteiger partial charge in [0.05, 0.1) is 0 Å². The van der Waals surface area contributed by atoms with E-state index in [4.69, 9.17) is 24.1 Å². The maximum atomic E-state index is 13.3. The van der Waals surface area contributed by atoms with Crippen molar-refractivity contribution in [1.82, 2.24) is 20.9 Å². The van der Waals surface area contributed by atoms with Crippen molar-refractivity contribution < 1.29 is 38.3 Å². The Hall–Kier alpha value is -4.73. The van der Waals surface area contributed by atoms with Crippen LogP contribution in [-0.4, -0.2) is 85.4 Å². The lowest BCUT2D eigenvalue weighted by molar-refractivity contribution is -0.145. The summed E-state index contributed by atoms with van der Waals surface area (Å²) < 4.78 is 4.72. The van der Waals surface area contributed by atoms with Gasteiger partial charge in [-0.05, 0) is 36.5 Å². The summed E-state index contributed by atoms with van der Waals surface area (Å²) in [7, 11) is 4.96. The minimum absolute atomic E-state index is 0.0565. The molecule has 3 atom stereocenters. The third-order valence-electron chi connectivity index (χ3n) is 6.13. The SMILES string of the molecule is [B]C(=O)OCc1ccc(NC(=O)[C@H](CCCNC(N)=O)NC(=O)C(NC(=O)C(CN)N2C(=O)C=CC2=O)C(C)C)cc1. The third-order valence-corrected chi connectivity index (χ3v) is 6.13. The molecule has 1 aromatic rings. The first kappa shape index (κ1) is 33.5. The molecule has 1 aliphatic heterocycles. The van der Waals surface area contributed by atoms with E-state index in [2.05, 4.69) is 21.3 Å². The van der Waals surface area contributed by atoms with Gasteiger partial charge in [0.2, 0.25) is 31.4 Å². The molecular weight excluding hydrogens is 549 g/mol. The normalized spacial score (nSPS) is 14.6. The van der Waals surface area contributed by atoms with E-state index < -0.39 is 65.5 Å². The molecule has 0 aliphatic carbocycles. The number of benzene rings is 1. The van der Waals surface area contributed by atoms with Crippen LogP contribution in [0.5, 0.6) is 0 Å². The monoisotopic (exact) mass is 583 g/mol. The Balaban J connectivity index is 2.15. The van der Waals surface area contributed by atoms with Gasteiger partial charge in [-0.2, -0.15) is 0 Å². The molecule has 2 radical (unpaired) electrons. The number of primary amides is 1. The topological polar surface area (TPSA) is 232 Å². The number of nitrogens with zero attached hydrogens (tertiary/aromatic N) is 1. The second-order valence-corrected chi connectivity index (χ2v) is 9.65. The van der Waals surface area contributed by atoms with Gasteiger partial charge < -0.3 is 37.5 Å². The van der Waals surface area contributed by atoms with E-state index in [1.54, 1.807) is 38.1 Å². The zero-order chi connectivity index (χ0) is 31.4. The van der Waals surface area contributed by atoms with Gasteiger partial charge in [-0.3, -0.25) is 33.7 Å². The molecule has 0 aromatic heterocycles. The smallest absolute Gasteiger partial charge is 0.312 e. The molecular formula is C26H34BN7O8. The summed E-state index contributed by atoms with van der Waals surface area (Å²) in [6.07, 6.45) is 2.40. The van der Waals surface area contributed by atoms with Gasteiger partial charge in [0.15, 0.2) is 0 Å². The maximum absolute atomic E-state index is 13.3. The zero-order valence-electron chi connectivity index (χ0n) is 23.3. The lowest BCUT2D eigenvalue weighted by Gasteiger charge is -2.29. The van der Waals surface area contributed by atoms with Gasteiger partial charge in [0, 0.05) is 30.9 Å². The number of carbonyl (C=O) groups is 7. The molecule has 16 heteroatoms. The molecule has 15 nitrogen and oxygen atoms in total. The zero-order valence-corrected chi connectivity index (χ0v) is 23.3. The number of imide groups is 1. The van der Waals surface area contributed by atoms with Crippen molar-refractivity contribution >= 4 is 55.0 Å². The number of urea groups is 1. The summed E-state index contributed by atoms with van der Waals surface area (Å²) in [6, 6.07) is 1.98. The molecule has 224 valence electrons. The Morgan fingerprint density at radius 2 is 1.57 bits per heavy atom. The van der Waals surface area contributed by atoms with Gasteiger partial charge in [-0.15, -0.1) is 0 Å². The fourth-order valence-electron chi connectivity index (χ4n) is 3.95. The summed E-state index contributed by atoms with van der Waals surface area (Å²) in [5.74, 6) is -4.91. The number of anilines is 1. The fourth-order valence-corrected chi connectivity index (χ4v) is 3.95. The van der Waals surface area contributed by atoms with E-state index in [1.807, 2.05) is 0 Å². The second kappa shape index (κ2) is 15.9. The van der Waals surface area contributed by atoms with E-state index >= 15 is 0 Å². The average molecular weight is 583 g/mol. The van der Waals surface area contributed by atoms with Gasteiger partial charge in [-0.25, -0.2) is 4.79 Å². The van der Waals surface area contributed by atoms with Crippen LogP contribution in [0.4, 0.5) is 15.3 Å². The second-order valence-electron chi connectivity index (χ2n) is 9.65. The molecule has 0 bridgehead atoms. The summed E-state index contributed by atoms with van der Waals surface area (Å²) in [5, 5.41) is 10.2. The van der Waals surface area contributed by atoms with Gasteiger partial charge in [0.25, 0.3) is 11.8 Å². The third kappa shape index (κ3) is 10.0. The summed E-state index contributed by atoms with van der Waals surface area (Å²) in [6.45, 7) is 3.02. The molecule has 0 spiro atoms. The Kier molecular flexibility index (Phi) is 12.7. The first-order chi connectivity index (χ1) is 19.8. The minimum Gasteiger partial charge on any atom is -0.470 e. The lowest BCUT2D eigenvalue weighted by Crippen LogP contribution is -2.60. The van der Waals surface area contributed by atoms with E-state index in [-0.39, 0.29) is 32.5 Å². The number of carbonyl (C=O) groups excluding carboxylic acids is 7. The molecule has 8 N–H and O–H groups in total. The minimum atomic E-state index is -1.34. The van der Waals surface area contributed by atoms with Crippen molar-refractivity contribution in [3.8, 4) is 0 Å². The van der Waals surface area contributed by atoms with Crippen molar-refractivity contribution in [2.45, 2.75) is 51.4 Å². The molecule has 2 unspecified atom stereocenters. The molecule has 1 aromatic carbocycles. The van der Waals surface area contributed by atoms with E-state index in [1.165, 1.54) is 0 Å². The van der Waals surface area contributed by atoms with Crippen LogP contribution in [0.2, 0.25) is 0 Å². The van der Waals surface area contributed by atoms with Crippen LogP contribution in [0.25, 0.3) is 0 Å². The molecule has 7 amide bonds. The highest BCUT2D eigenvalue weighted by Gasteiger charge is 2.37. The van der Waals surface area contributed by atoms with Crippen LogP contribution in [0.3, 0.4) is 0 Å². The maximum Gasteiger partial charge on any atom is 0.312 e. The number of nitrogens with two attached hydrogens (primary N) is 2. The van der Waals surface area contributed by atoms with E-state index in [9.17, 15) is 33.6 Å². The van der Waals surface area contributed by atoms with Crippen molar-refractivity contribution in [2.75, 3.05) is 18.4 Å². The average Bonchev–Trinajstić information content (AvgIpc) is 3.25. The Labute approximate surface area is 243 Å². The summed E-state index contributed by atoms with van der Waals surface area (Å²) in [5.41, 5.74) is 11.8. The molecule has 2 rings (SSSR count). The highest BCUT2D eigenvalue weighted by atomic mass is 16.5. The van der Waals surface area contributed by atoms with Crippen LogP contribution in [0.1, 0.15) is 32.3 Å². The number of ether oxygens (including phenoxy) is 1. The number of nitrogens with one attached hydrogen (secondary N) is 4. The first-order valence-electron chi connectivity index (χ1n) is 13.0. The predicted molar refractivity (Wildman–Crippen MR) is 150 cm³/mol. The highest BCUT2D eigenvalue weighted by Crippen LogP contribution is 2.14. The molecule has 0 fully saturated rings. The molecule has 0 saturated carbocycles. The van der Waals surface area contributed by atoms with Gasteiger partial charge >= 0.3 is 6.03 Å². The van der Waals surface area contributed by atoms with Crippen LogP contribution in [0, 0.1) is 5.92 Å². The van der Waals surface area contributed by atoms with Crippen molar-refractivity contribution in [2.24, 2.45) is 17.4 Å². The van der Waals surface area contributed by atoms with Crippen LogP contribution in [-0.2, 0) is 35.3 Å². The predicted octanol–water partition coefficient (Wildman–Crippen LogP) is -1.24. The first-order valence-corrected chi connectivity index (χ1v) is 13.0. The van der Waals surface area contributed by atoms with E-state index in [0.29, 0.717) is 16.2 Å². The standard InChI is InChI=1S/C26H34BN7O8/c1-14(2)21(33-23(38)18(12-28)34-19(35)9-10-20(34)36)24(39)32-17(4-3-11-30-26(29)41)22(37)31-16-7-5-15(6-8-16)13-42-25(27)40/h5-10,14,17-18,21H,3-4,11-13,28H2,1-2H3,(H,31,37)(H,32,39)(H,33,38)(H3,29,30,41)/t17-,18?,21?/m0/s1. The van der Waals surface area contributed by atoms with Crippen LogP contribution >= 0.6 is 0 Å². The Morgan fingerprint density at radius 3 is 2.10 bits per heavy atom. The lowest BCUT2D eigenvalue weighted by atomic mass is 10.0. The Bertz CT molecular complexity index is 1200. The number of amides is 7. The van der Waals surface area contributed by atoms with Gasteiger partial charge in [0.1, 0.15) is 24.7 Å². The molecule has 0 saturated heterocycles. The number of hydrogen-bond acceptors (Lipinski definition) is 9. The summed E-state index contributed by atoms with van der Waals surface area (Å²) >= 11 is 0. The highest BCUT2D eigenvalue weighted by molar-refractivity contribution is 6.55. The molecule has 42 heavy (non-hydrogen) atoms. The number of hydrogen-bond donors (Lipinski definition) is 6. The fraction of sp³-hybridized carbons (Fsp3) is 0.423. The van der Waals surface area contributed by atoms with Crippen molar-refractivity contribution in [3.05, 3.63) is 42.0 Å². The van der Waals surface area contributed by atoms with Crippen molar-refractivity contribution in [1.29, 1.82) is 0 Å². The molecule has 1 aliphatic rings. The summed E-state index contributed by atoms with van der Waals surface area (Å²) in [4.78, 5) is 86.1. The van der Waals surface area contributed by atoms with E-state index in [0.717, 1.165) is 12.2 Å². The van der Waals surface area contributed by atoms with Gasteiger partial charge in [-0.1, -0.05) is 26.0 Å². The van der Waals surface area contributed by atoms with Crippen molar-refractivity contribution in [3.63, 3.8) is 0 Å². The quantitative estimate of drug-likeness (QED) is 0.0822. The van der Waals surface area contributed by atoms with Crippen LogP contribution in [0.15, 0.2) is 36.4 Å².